The van der Waals surface area contributed by atoms with Crippen LogP contribution in [0, 0.1) is 0 Å². The van der Waals surface area contributed by atoms with Gasteiger partial charge in [-0.05, 0) is 37.5 Å². The second-order valence-corrected chi connectivity index (χ2v) is 5.47. The summed E-state index contributed by atoms with van der Waals surface area (Å²) in [4.78, 5) is 2.49. The molecule has 1 fully saturated rings. The van der Waals surface area contributed by atoms with Gasteiger partial charge >= 0.3 is 0 Å². The van der Waals surface area contributed by atoms with E-state index in [1.807, 2.05) is 12.1 Å². The molecule has 1 aromatic carbocycles. The third-order valence-corrected chi connectivity index (χ3v) is 3.85. The van der Waals surface area contributed by atoms with E-state index in [-0.39, 0.29) is 6.61 Å². The highest BCUT2D eigenvalue weighted by Crippen LogP contribution is 2.34. The minimum Gasteiger partial charge on any atom is -0.394 e. The van der Waals surface area contributed by atoms with Gasteiger partial charge in [-0.25, -0.2) is 0 Å². The fraction of sp³-hybridized carbons (Fsp3) is 0.600. The molecule has 1 atom stereocenters. The number of aliphatic hydroxyl groups excluding tert-OH is 1. The fourth-order valence-corrected chi connectivity index (χ4v) is 2.49. The van der Waals surface area contributed by atoms with E-state index >= 15 is 0 Å². The molecule has 1 aromatic rings. The molecule has 4 heteroatoms. The van der Waals surface area contributed by atoms with Gasteiger partial charge in [0.15, 0.2) is 0 Å². The number of ether oxygens (including phenoxy) is 1. The van der Waals surface area contributed by atoms with E-state index in [0.29, 0.717) is 25.3 Å². The normalized spacial score (nSPS) is 16.8. The van der Waals surface area contributed by atoms with Crippen LogP contribution in [0.2, 0.25) is 5.02 Å². The smallest absolute Gasteiger partial charge is 0.0698 e. The quantitative estimate of drug-likeness (QED) is 0.745. The standard InChI is InChI=1S/C15H22ClNO2/c1-12(13-2-4-14(16)5-3-13)17(15-6-7-15)8-10-19-11-9-18/h2-5,12,15,18H,6-11H2,1H3. The molecular weight excluding hydrogens is 262 g/mol. The Morgan fingerprint density at radius 2 is 2.00 bits per heavy atom. The Balaban J connectivity index is 1.92. The van der Waals surface area contributed by atoms with Crippen molar-refractivity contribution in [2.24, 2.45) is 0 Å². The van der Waals surface area contributed by atoms with Gasteiger partial charge in [0.25, 0.3) is 0 Å². The lowest BCUT2D eigenvalue weighted by atomic mass is 10.1. The van der Waals surface area contributed by atoms with Crippen molar-refractivity contribution in [1.29, 1.82) is 0 Å². The highest BCUT2D eigenvalue weighted by atomic mass is 35.5. The molecule has 0 amide bonds. The Morgan fingerprint density at radius 3 is 2.58 bits per heavy atom. The third-order valence-electron chi connectivity index (χ3n) is 3.60. The first-order valence-corrected chi connectivity index (χ1v) is 7.30. The maximum atomic E-state index is 8.72. The maximum absolute atomic E-state index is 8.72. The molecular formula is C15H22ClNO2. The summed E-state index contributed by atoms with van der Waals surface area (Å²) < 4.78 is 5.38. The van der Waals surface area contributed by atoms with E-state index in [4.69, 9.17) is 21.4 Å². The van der Waals surface area contributed by atoms with Crippen LogP contribution in [0.15, 0.2) is 24.3 Å². The number of benzene rings is 1. The van der Waals surface area contributed by atoms with Crippen molar-refractivity contribution in [3.63, 3.8) is 0 Å². The van der Waals surface area contributed by atoms with Crippen LogP contribution in [0.5, 0.6) is 0 Å². The van der Waals surface area contributed by atoms with E-state index in [0.717, 1.165) is 11.6 Å². The molecule has 0 aliphatic heterocycles. The van der Waals surface area contributed by atoms with Gasteiger partial charge < -0.3 is 9.84 Å². The molecule has 0 aromatic heterocycles. The molecule has 0 saturated heterocycles. The lowest BCUT2D eigenvalue weighted by Gasteiger charge is -2.29. The van der Waals surface area contributed by atoms with Crippen molar-refractivity contribution in [2.45, 2.75) is 31.8 Å². The van der Waals surface area contributed by atoms with Crippen LogP contribution in [-0.2, 0) is 4.74 Å². The van der Waals surface area contributed by atoms with Crippen LogP contribution in [0.1, 0.15) is 31.4 Å². The second kappa shape index (κ2) is 7.25. The summed E-state index contributed by atoms with van der Waals surface area (Å²) in [5.41, 5.74) is 1.29. The maximum Gasteiger partial charge on any atom is 0.0698 e. The average Bonchev–Trinajstić information content (AvgIpc) is 3.23. The van der Waals surface area contributed by atoms with E-state index < -0.39 is 0 Å². The molecule has 3 nitrogen and oxygen atoms in total. The number of aliphatic hydroxyl groups is 1. The first-order valence-electron chi connectivity index (χ1n) is 6.92. The van der Waals surface area contributed by atoms with E-state index in [2.05, 4.69) is 24.0 Å². The Morgan fingerprint density at radius 1 is 1.32 bits per heavy atom. The molecule has 0 radical (unpaired) electrons. The van der Waals surface area contributed by atoms with E-state index in [9.17, 15) is 0 Å². The Kier molecular flexibility index (Phi) is 5.64. The fourth-order valence-electron chi connectivity index (χ4n) is 2.37. The van der Waals surface area contributed by atoms with Crippen LogP contribution in [-0.4, -0.2) is 42.4 Å². The summed E-state index contributed by atoms with van der Waals surface area (Å²) >= 11 is 5.93. The van der Waals surface area contributed by atoms with Crippen LogP contribution in [0.3, 0.4) is 0 Å². The lowest BCUT2D eigenvalue weighted by Crippen LogP contribution is -2.32. The monoisotopic (exact) mass is 283 g/mol. The highest BCUT2D eigenvalue weighted by molar-refractivity contribution is 6.30. The molecule has 0 spiro atoms. The predicted octanol–water partition coefficient (Wildman–Crippen LogP) is 2.87. The van der Waals surface area contributed by atoms with Gasteiger partial charge in [-0.3, -0.25) is 4.90 Å². The number of nitrogens with zero attached hydrogens (tertiary/aromatic N) is 1. The Hall–Kier alpha value is -0.610. The molecule has 19 heavy (non-hydrogen) atoms. The first-order chi connectivity index (χ1) is 9.22. The van der Waals surface area contributed by atoms with Gasteiger partial charge in [0, 0.05) is 23.7 Å². The molecule has 2 rings (SSSR count). The zero-order chi connectivity index (χ0) is 13.7. The van der Waals surface area contributed by atoms with Crippen molar-refractivity contribution in [3.05, 3.63) is 34.9 Å². The van der Waals surface area contributed by atoms with Crippen LogP contribution < -0.4 is 0 Å². The molecule has 106 valence electrons. The topological polar surface area (TPSA) is 32.7 Å². The van der Waals surface area contributed by atoms with Crippen molar-refractivity contribution in [1.82, 2.24) is 4.90 Å². The molecule has 1 unspecified atom stereocenters. The van der Waals surface area contributed by atoms with Crippen molar-refractivity contribution >= 4 is 11.6 Å². The highest BCUT2D eigenvalue weighted by Gasteiger charge is 2.32. The van der Waals surface area contributed by atoms with E-state index in [1.165, 1.54) is 18.4 Å². The van der Waals surface area contributed by atoms with Gasteiger partial charge in [0.1, 0.15) is 0 Å². The van der Waals surface area contributed by atoms with Crippen molar-refractivity contribution in [3.8, 4) is 0 Å². The minimum absolute atomic E-state index is 0.0934. The number of rotatable bonds is 8. The summed E-state index contributed by atoms with van der Waals surface area (Å²) in [7, 11) is 0. The summed E-state index contributed by atoms with van der Waals surface area (Å²) in [6, 6.07) is 9.14. The van der Waals surface area contributed by atoms with Gasteiger partial charge in [-0.1, -0.05) is 23.7 Å². The molecule has 1 aliphatic rings. The van der Waals surface area contributed by atoms with Crippen LogP contribution in [0.25, 0.3) is 0 Å². The Bertz CT molecular complexity index is 378. The van der Waals surface area contributed by atoms with Gasteiger partial charge in [0.2, 0.25) is 0 Å². The summed E-state index contributed by atoms with van der Waals surface area (Å²) in [6.45, 7) is 4.33. The van der Waals surface area contributed by atoms with Gasteiger partial charge in [-0.15, -0.1) is 0 Å². The number of halogens is 1. The minimum atomic E-state index is 0.0934. The van der Waals surface area contributed by atoms with Crippen molar-refractivity contribution < 1.29 is 9.84 Å². The number of hydrogen-bond donors (Lipinski definition) is 1. The zero-order valence-corrected chi connectivity index (χ0v) is 12.1. The first kappa shape index (κ1) is 14.8. The zero-order valence-electron chi connectivity index (χ0n) is 11.4. The largest absolute Gasteiger partial charge is 0.394 e. The van der Waals surface area contributed by atoms with Crippen LogP contribution in [0.4, 0.5) is 0 Å². The SMILES string of the molecule is CC(c1ccc(Cl)cc1)N(CCOCCO)C1CC1. The van der Waals surface area contributed by atoms with E-state index in [1.54, 1.807) is 0 Å². The number of hydrogen-bond acceptors (Lipinski definition) is 3. The molecule has 1 aliphatic carbocycles. The average molecular weight is 284 g/mol. The summed E-state index contributed by atoms with van der Waals surface area (Å²) in [5, 5.41) is 9.49. The van der Waals surface area contributed by atoms with Crippen molar-refractivity contribution in [2.75, 3.05) is 26.4 Å². The summed E-state index contributed by atoms with van der Waals surface area (Å²) in [5.74, 6) is 0. The predicted molar refractivity (Wildman–Crippen MR) is 77.5 cm³/mol. The Labute approximate surface area is 120 Å². The van der Waals surface area contributed by atoms with Crippen LogP contribution >= 0.6 is 11.6 Å². The third kappa shape index (κ3) is 4.46. The second-order valence-electron chi connectivity index (χ2n) is 5.03. The molecule has 1 N–H and O–H groups in total. The molecule has 0 heterocycles. The lowest BCUT2D eigenvalue weighted by molar-refractivity contribution is 0.0622. The summed E-state index contributed by atoms with van der Waals surface area (Å²) in [6.07, 6.45) is 2.55. The molecule has 1 saturated carbocycles. The van der Waals surface area contributed by atoms with Gasteiger partial charge in [-0.2, -0.15) is 0 Å². The molecule has 0 bridgehead atoms. The van der Waals surface area contributed by atoms with Gasteiger partial charge in [0.05, 0.1) is 19.8 Å².